The zero-order valence-electron chi connectivity index (χ0n) is 56.4. The predicted octanol–water partition coefficient (Wildman–Crippen LogP) is 5.72. The largest absolute Gasteiger partial charge is 0.490 e. The van der Waals surface area contributed by atoms with Crippen LogP contribution in [0.25, 0.3) is 21.3 Å². The molecule has 11 rings (SSSR count). The number of hydrogen-bond donors (Lipinski definition) is 9. The molecule has 0 unspecified atom stereocenters. The molecule has 5 aliphatic rings. The molecule has 534 valence electrons. The number of likely N-dealkylation sites (tertiary alicyclic amines) is 1. The van der Waals surface area contributed by atoms with Gasteiger partial charge in [0.05, 0.1) is 69.8 Å². The molecular weight excluding hydrogens is 1350 g/mol. The second-order valence-corrected chi connectivity index (χ2v) is 30.5. The number of aromatic nitrogens is 5. The Kier molecular flexibility index (Phi) is 22.4. The number of aromatic amines is 1. The number of H-pyrrole nitrogens is 1. The summed E-state index contributed by atoms with van der Waals surface area (Å²) < 4.78 is 25.7. The molecule has 0 radical (unpaired) electrons. The maximum absolute atomic E-state index is 14.9. The lowest BCUT2D eigenvalue weighted by molar-refractivity contribution is -0.145. The van der Waals surface area contributed by atoms with Crippen LogP contribution in [0.15, 0.2) is 66.7 Å². The van der Waals surface area contributed by atoms with E-state index in [0.717, 1.165) is 50.9 Å². The molecule has 3 aromatic heterocycles. The van der Waals surface area contributed by atoms with E-state index in [-0.39, 0.29) is 112 Å². The first-order valence-electron chi connectivity index (χ1n) is 33.8. The second kappa shape index (κ2) is 30.8. The molecule has 31 heteroatoms. The highest BCUT2D eigenvalue weighted by Crippen LogP contribution is 2.45. The molecule has 0 bridgehead atoms. The van der Waals surface area contributed by atoms with Crippen molar-refractivity contribution < 1.29 is 72.1 Å². The van der Waals surface area contributed by atoms with Gasteiger partial charge in [-0.3, -0.25) is 47.7 Å². The molecule has 10 N–H and O–H groups in total. The number of nitrogens with zero attached hydrogens (tertiary/aromatic N) is 7. The topological polar surface area (TPSA) is 393 Å². The number of halogens is 1. The van der Waals surface area contributed by atoms with E-state index in [1.165, 1.54) is 45.9 Å². The fourth-order valence-electron chi connectivity index (χ4n) is 14.0. The van der Waals surface area contributed by atoms with E-state index in [1.54, 1.807) is 28.2 Å². The Labute approximate surface area is 586 Å². The number of aryl methyl sites for hydroxylation is 3. The van der Waals surface area contributed by atoms with Gasteiger partial charge in [-0.2, -0.15) is 0 Å². The first-order chi connectivity index (χ1) is 47.6. The van der Waals surface area contributed by atoms with Gasteiger partial charge in [-0.05, 0) is 119 Å². The lowest BCUT2D eigenvalue weighted by Gasteiger charge is -2.38. The average Bonchev–Trinajstić information content (AvgIpc) is 1.59. The zero-order valence-corrected chi connectivity index (χ0v) is 58.8. The van der Waals surface area contributed by atoms with Gasteiger partial charge in [0.1, 0.15) is 42.2 Å². The van der Waals surface area contributed by atoms with E-state index in [1.807, 2.05) is 58.0 Å². The minimum atomic E-state index is -5.10. The van der Waals surface area contributed by atoms with Gasteiger partial charge in [-0.1, -0.05) is 73.5 Å². The fraction of sp³-hybridized carbons (Fsp3) is 0.507. The summed E-state index contributed by atoms with van der Waals surface area (Å²) in [6.07, 6.45) is 4.38. The van der Waals surface area contributed by atoms with Crippen LogP contribution in [-0.2, 0) is 55.9 Å². The summed E-state index contributed by atoms with van der Waals surface area (Å²) in [4.78, 5) is 155. The molecule has 1 aliphatic carbocycles. The maximum atomic E-state index is 14.9. The summed E-state index contributed by atoms with van der Waals surface area (Å²) in [5.74, 6) is -3.46. The molecule has 3 saturated heterocycles. The number of ether oxygens (including phenoxy) is 2. The quantitative estimate of drug-likeness (QED) is 0.0231. The van der Waals surface area contributed by atoms with Crippen LogP contribution in [0.5, 0.6) is 5.75 Å². The van der Waals surface area contributed by atoms with Crippen molar-refractivity contribution in [3.63, 3.8) is 0 Å². The van der Waals surface area contributed by atoms with Crippen molar-refractivity contribution in [2.24, 2.45) is 11.1 Å². The van der Waals surface area contributed by atoms with Crippen molar-refractivity contribution in [3.8, 4) is 16.2 Å². The first-order valence-corrected chi connectivity index (χ1v) is 36.6. The van der Waals surface area contributed by atoms with E-state index < -0.39 is 96.5 Å². The highest BCUT2D eigenvalue weighted by molar-refractivity contribution is 7.70. The SMILES string of the molecule is CC(=O)N1CC[C@H]2CC[C@@H](C(=O)N[C@@H](CCC(N)=O)COc3cccc(CCCCCNC(=O)C[C@H](NC(=O)[C@@H]4C[C@@H](O)CN4C(=O)[C@H]4n5nnc(C6CC6)c5COCC4(C)C)c4ccc(-c5sc(C)nc5C)cc4)c3Cl)N2C(=O)[C@@H](NC(=O)c2cc3cc(C(=O)P(=O)(O)O)ccc3[nH]2)C1. The third-order valence-corrected chi connectivity index (χ3v) is 21.7. The van der Waals surface area contributed by atoms with Crippen molar-refractivity contribution in [1.29, 1.82) is 0 Å². The monoisotopic (exact) mass is 1430 g/mol. The van der Waals surface area contributed by atoms with Crippen LogP contribution < -0.4 is 31.7 Å². The van der Waals surface area contributed by atoms with Crippen LogP contribution >= 0.6 is 30.5 Å². The Hall–Kier alpha value is -8.44. The number of nitrogens with one attached hydrogen (secondary N) is 5. The van der Waals surface area contributed by atoms with E-state index in [4.69, 9.17) is 26.8 Å². The van der Waals surface area contributed by atoms with Gasteiger partial charge >= 0.3 is 7.60 Å². The average molecular weight is 1440 g/mol. The van der Waals surface area contributed by atoms with Gasteiger partial charge in [0.25, 0.3) is 11.4 Å². The normalized spacial score (nSPS) is 21.2. The highest BCUT2D eigenvalue weighted by Gasteiger charge is 2.50. The third-order valence-electron chi connectivity index (χ3n) is 19.4. The molecule has 6 aromatic rings. The maximum Gasteiger partial charge on any atom is 0.396 e. The Morgan fingerprint density at radius 3 is 2.40 bits per heavy atom. The molecule has 28 nitrogen and oxygen atoms in total. The minimum absolute atomic E-state index is 0.00277. The summed E-state index contributed by atoms with van der Waals surface area (Å²) in [6.45, 7) is 9.74. The van der Waals surface area contributed by atoms with Gasteiger partial charge in [0.2, 0.25) is 41.4 Å². The lowest BCUT2D eigenvalue weighted by Crippen LogP contribution is -2.61. The highest BCUT2D eigenvalue weighted by atomic mass is 35.5. The molecule has 1 saturated carbocycles. The Morgan fingerprint density at radius 1 is 0.930 bits per heavy atom. The van der Waals surface area contributed by atoms with Crippen molar-refractivity contribution in [1.82, 2.24) is 60.9 Å². The van der Waals surface area contributed by atoms with Crippen molar-refractivity contribution >= 4 is 94.2 Å². The van der Waals surface area contributed by atoms with Crippen LogP contribution in [0, 0.1) is 19.3 Å². The van der Waals surface area contributed by atoms with Crippen LogP contribution in [0.3, 0.4) is 0 Å². The second-order valence-electron chi connectivity index (χ2n) is 27.5. The number of unbranched alkanes of at least 4 members (excludes halogenated alkanes) is 2. The smallest absolute Gasteiger partial charge is 0.396 e. The number of rotatable bonds is 26. The molecular formula is C69H85ClN13O15PS. The molecule has 3 aromatic carbocycles. The van der Waals surface area contributed by atoms with Crippen LogP contribution in [-0.4, -0.2) is 183 Å². The molecule has 0 spiro atoms. The number of amides is 8. The standard InChI is InChI=1S/C69H85ClN13O15PS/c1-37-61(100-38(2)73-37)43-17-13-40(14-18-43)50(76-65(90)54-30-48(85)32-81(54)67(92)62-69(4,5)36-97-35-55-60(42-15-16-42)78-79-83(55)62)31-58(87)72-26-8-6-7-10-41-11-9-12-56(59(41)70)98-34-46(20-24-57(71)86)74-64(89)53-23-21-47-25-27-80(39(3)84)33-52(66(91)82(47)53)77-63(88)51-29-45-28-44(19-22-49(45)75-51)68(93)99(94,95)96/h9,11-14,17-19,22,28-29,42,46-48,50,52-54,62,75,85H,6-8,10,15-16,20-21,23-27,30-36H2,1-5H3,(H2,71,86)(H,72,87)(H,74,89)(H,76,90)(H,77,88)(H2,94,95,96)/t46-,47+,48+,50-,52-,53-,54-,62+/m0/s1. The fourth-order valence-corrected chi connectivity index (χ4v) is 15.7. The van der Waals surface area contributed by atoms with Crippen molar-refractivity contribution in [2.75, 3.05) is 39.4 Å². The van der Waals surface area contributed by atoms with Gasteiger partial charge in [0.15, 0.2) is 0 Å². The van der Waals surface area contributed by atoms with E-state index in [2.05, 4.69) is 41.5 Å². The molecule has 7 heterocycles. The lowest BCUT2D eigenvalue weighted by atomic mass is 9.84. The first kappa shape index (κ1) is 72.8. The Balaban J connectivity index is 0.693. The molecule has 4 aliphatic heterocycles. The number of primary amides is 1. The number of benzene rings is 3. The Bertz CT molecular complexity index is 4170. The summed E-state index contributed by atoms with van der Waals surface area (Å²) in [5, 5.41) is 33.5. The van der Waals surface area contributed by atoms with Crippen LogP contribution in [0.2, 0.25) is 5.02 Å². The number of β-amino-alcohol motifs (C(OH)–C–C–N with tert-alkyl or cyclic N) is 1. The van der Waals surface area contributed by atoms with E-state index in [0.29, 0.717) is 66.9 Å². The number of aliphatic hydroxyl groups excluding tert-OH is 1. The Morgan fingerprint density at radius 2 is 1.69 bits per heavy atom. The van der Waals surface area contributed by atoms with Crippen LogP contribution in [0.4, 0.5) is 0 Å². The summed E-state index contributed by atoms with van der Waals surface area (Å²) in [6, 6.07) is 11.8. The number of carbonyl (C=O) groups excluding carboxylic acids is 9. The molecule has 100 heavy (non-hydrogen) atoms. The van der Waals surface area contributed by atoms with Gasteiger partial charge in [-0.15, -0.1) is 16.4 Å². The zero-order chi connectivity index (χ0) is 71.5. The van der Waals surface area contributed by atoms with Gasteiger partial charge < -0.3 is 71.1 Å². The minimum Gasteiger partial charge on any atom is -0.490 e. The predicted molar refractivity (Wildman–Crippen MR) is 367 cm³/mol. The summed E-state index contributed by atoms with van der Waals surface area (Å²) in [7, 11) is -5.10. The number of carbonyl (C=O) groups is 9. The van der Waals surface area contributed by atoms with E-state index >= 15 is 0 Å². The summed E-state index contributed by atoms with van der Waals surface area (Å²) in [5.41, 5.74) is 8.34. The molecule has 8 amide bonds. The number of aliphatic hydroxyl groups is 1. The number of nitrogens with two attached hydrogens (primary N) is 1. The van der Waals surface area contributed by atoms with Gasteiger partial charge in [-0.25, -0.2) is 9.67 Å². The molecule has 4 fully saturated rings. The van der Waals surface area contributed by atoms with E-state index in [9.17, 15) is 62.6 Å². The number of thiazole rings is 1. The summed E-state index contributed by atoms with van der Waals surface area (Å²) >= 11 is 8.56. The molecule has 8 atom stereocenters. The van der Waals surface area contributed by atoms with Crippen LogP contribution in [0.1, 0.15) is 170 Å². The number of fused-ring (bicyclic) bond motifs is 3. The van der Waals surface area contributed by atoms with Crippen molar-refractivity contribution in [3.05, 3.63) is 116 Å². The number of hydrogen-bond acceptors (Lipinski definition) is 17. The van der Waals surface area contributed by atoms with Crippen molar-refractivity contribution in [2.45, 2.75) is 179 Å². The van der Waals surface area contributed by atoms with Gasteiger partial charge in [0, 0.05) is 79.8 Å². The third kappa shape index (κ3) is 16.8.